The molecule has 0 saturated heterocycles. The number of amides is 1. The molecule has 2 aromatic rings. The molecule has 8 nitrogen and oxygen atoms in total. The summed E-state index contributed by atoms with van der Waals surface area (Å²) in [6, 6.07) is 0. The van der Waals surface area contributed by atoms with E-state index in [9.17, 15) is 14.4 Å². The molecule has 0 aromatic carbocycles. The molecule has 1 aliphatic carbocycles. The summed E-state index contributed by atoms with van der Waals surface area (Å²) in [5.41, 5.74) is 0.376. The van der Waals surface area contributed by atoms with Crippen LogP contribution in [-0.4, -0.2) is 24.3 Å². The van der Waals surface area contributed by atoms with E-state index in [1.165, 1.54) is 30.2 Å². The van der Waals surface area contributed by atoms with Crippen LogP contribution in [0.1, 0.15) is 44.6 Å². The Kier molecular flexibility index (Phi) is 4.27. The number of fused-ring (bicyclic) bond motifs is 1. The van der Waals surface area contributed by atoms with Crippen molar-refractivity contribution in [2.24, 2.45) is 13.0 Å². The summed E-state index contributed by atoms with van der Waals surface area (Å²) < 4.78 is 10.6. The molecular formula is C15H18N3O5S+. The van der Waals surface area contributed by atoms with Gasteiger partial charge >= 0.3 is 23.2 Å². The number of nitrogens with zero attached hydrogens (tertiary/aromatic N) is 1. The number of carbonyl (C=O) groups excluding carboxylic acids is 2. The highest BCUT2D eigenvalue weighted by molar-refractivity contribution is 7.17. The van der Waals surface area contributed by atoms with Crippen molar-refractivity contribution in [1.29, 1.82) is 0 Å². The Bertz CT molecular complexity index is 863. The minimum Gasteiger partial charge on any atom is -0.465 e. The Morgan fingerprint density at radius 2 is 2.21 bits per heavy atom. The highest BCUT2D eigenvalue weighted by atomic mass is 32.1. The maximum absolute atomic E-state index is 12.4. The molecule has 1 atom stereocenters. The first-order valence-electron chi connectivity index (χ1n) is 7.54. The van der Waals surface area contributed by atoms with Crippen LogP contribution in [0.3, 0.4) is 0 Å². The molecule has 2 aromatic heterocycles. The quantitative estimate of drug-likeness (QED) is 0.634. The van der Waals surface area contributed by atoms with Gasteiger partial charge in [0, 0.05) is 4.88 Å². The van der Waals surface area contributed by atoms with Crippen LogP contribution < -0.4 is 15.6 Å². The molecule has 128 valence electrons. The molecule has 0 fully saturated rings. The summed E-state index contributed by atoms with van der Waals surface area (Å²) in [5, 5.41) is 5.36. The number of hydrogen-bond acceptors (Lipinski definition) is 6. The van der Waals surface area contributed by atoms with Gasteiger partial charge in [0.25, 0.3) is 0 Å². The van der Waals surface area contributed by atoms with Gasteiger partial charge in [-0.1, -0.05) is 11.6 Å². The fourth-order valence-corrected chi connectivity index (χ4v) is 4.30. The van der Waals surface area contributed by atoms with Crippen LogP contribution in [0.5, 0.6) is 0 Å². The summed E-state index contributed by atoms with van der Waals surface area (Å²) in [4.78, 5) is 37.3. The first-order chi connectivity index (χ1) is 11.4. The SMILES string of the molecule is COC(=O)c1c(NC(=O)c2c(=O)o[nH][n+]2C)sc2c1CCC(C)C2. The number of aryl methyl sites for hydroxylation is 1. The van der Waals surface area contributed by atoms with Crippen molar-refractivity contribution in [3.63, 3.8) is 0 Å². The molecule has 1 amide bonds. The second-order valence-corrected chi connectivity index (χ2v) is 7.00. The van der Waals surface area contributed by atoms with Crippen LogP contribution in [0.15, 0.2) is 9.32 Å². The average Bonchev–Trinajstić information content (AvgIpc) is 3.05. The molecule has 0 radical (unpaired) electrons. The van der Waals surface area contributed by atoms with Crippen LogP contribution in [0.25, 0.3) is 0 Å². The van der Waals surface area contributed by atoms with Crippen molar-refractivity contribution in [1.82, 2.24) is 5.27 Å². The largest absolute Gasteiger partial charge is 0.465 e. The van der Waals surface area contributed by atoms with Crippen molar-refractivity contribution in [3.05, 3.63) is 32.1 Å². The monoisotopic (exact) mass is 352 g/mol. The first-order valence-corrected chi connectivity index (χ1v) is 8.35. The highest BCUT2D eigenvalue weighted by Gasteiger charge is 2.32. The van der Waals surface area contributed by atoms with E-state index in [4.69, 9.17) is 4.74 Å². The molecular weight excluding hydrogens is 334 g/mol. The summed E-state index contributed by atoms with van der Waals surface area (Å²) in [6.07, 6.45) is 2.62. The molecule has 1 aliphatic rings. The number of thiophene rings is 1. The molecule has 2 N–H and O–H groups in total. The number of ether oxygens (including phenoxy) is 1. The Morgan fingerprint density at radius 3 is 2.83 bits per heavy atom. The Labute approximate surface area is 141 Å². The molecule has 3 rings (SSSR count). The van der Waals surface area contributed by atoms with E-state index in [0.29, 0.717) is 16.5 Å². The van der Waals surface area contributed by atoms with Crippen molar-refractivity contribution >= 4 is 28.2 Å². The zero-order chi connectivity index (χ0) is 17.4. The topological polar surface area (TPSA) is 105 Å². The number of aromatic nitrogens is 2. The van der Waals surface area contributed by atoms with Crippen LogP contribution in [0.4, 0.5) is 5.00 Å². The lowest BCUT2D eigenvalue weighted by molar-refractivity contribution is -0.741. The molecule has 24 heavy (non-hydrogen) atoms. The lowest BCUT2D eigenvalue weighted by Gasteiger charge is -2.18. The molecule has 1 unspecified atom stereocenters. The zero-order valence-corrected chi connectivity index (χ0v) is 14.4. The molecule has 0 aliphatic heterocycles. The molecule has 0 spiro atoms. The number of rotatable bonds is 3. The van der Waals surface area contributed by atoms with Crippen LogP contribution in [0, 0.1) is 5.92 Å². The lowest BCUT2D eigenvalue weighted by Crippen LogP contribution is -2.41. The number of H-pyrrole nitrogens is 1. The van der Waals surface area contributed by atoms with Gasteiger partial charge in [-0.15, -0.1) is 11.3 Å². The lowest BCUT2D eigenvalue weighted by atomic mass is 9.88. The standard InChI is InChI=1S/C15H17N3O5S/c1-7-4-5-8-9(6-7)24-13(10(8)14(20)22-3)16-12(19)11-15(21)23-17-18(11)2/h7H,4-6H2,1-3H3,(H-,16,17,19,20,21)/p+1. The van der Waals surface area contributed by atoms with E-state index in [0.717, 1.165) is 29.7 Å². The number of methoxy groups -OCH3 is 1. The van der Waals surface area contributed by atoms with Gasteiger partial charge < -0.3 is 10.1 Å². The van der Waals surface area contributed by atoms with Crippen molar-refractivity contribution < 1.29 is 23.5 Å². The number of hydrogen-bond donors (Lipinski definition) is 2. The van der Waals surface area contributed by atoms with Crippen LogP contribution in [-0.2, 0) is 24.6 Å². The number of anilines is 1. The predicted molar refractivity (Wildman–Crippen MR) is 85.3 cm³/mol. The van der Waals surface area contributed by atoms with E-state index in [1.54, 1.807) is 0 Å². The van der Waals surface area contributed by atoms with Crippen LogP contribution >= 0.6 is 11.3 Å². The molecule has 2 heterocycles. The third-order valence-electron chi connectivity index (χ3n) is 4.15. The van der Waals surface area contributed by atoms with Crippen molar-refractivity contribution in [3.8, 4) is 0 Å². The van der Waals surface area contributed by atoms with E-state index < -0.39 is 17.5 Å². The number of aromatic amines is 1. The van der Waals surface area contributed by atoms with Gasteiger partial charge in [0.2, 0.25) is 0 Å². The van der Waals surface area contributed by atoms with Gasteiger partial charge in [0.1, 0.15) is 5.00 Å². The molecule has 0 bridgehead atoms. The van der Waals surface area contributed by atoms with E-state index in [2.05, 4.69) is 22.0 Å². The minimum atomic E-state index is -0.774. The maximum atomic E-state index is 12.4. The highest BCUT2D eigenvalue weighted by Crippen LogP contribution is 2.40. The minimum absolute atomic E-state index is 0.175. The summed E-state index contributed by atoms with van der Waals surface area (Å²) in [7, 11) is 2.80. The fourth-order valence-electron chi connectivity index (χ4n) is 2.91. The summed E-state index contributed by atoms with van der Waals surface area (Å²) >= 11 is 1.36. The molecule has 0 saturated carbocycles. The predicted octanol–water partition coefficient (Wildman–Crippen LogP) is 1.02. The Hall–Kier alpha value is -2.42. The average molecular weight is 352 g/mol. The zero-order valence-electron chi connectivity index (χ0n) is 13.6. The van der Waals surface area contributed by atoms with E-state index in [-0.39, 0.29) is 5.69 Å². The van der Waals surface area contributed by atoms with Gasteiger partial charge in [-0.05, 0) is 36.0 Å². The van der Waals surface area contributed by atoms with Crippen LogP contribution in [0.2, 0.25) is 0 Å². The first kappa shape index (κ1) is 16.4. The van der Waals surface area contributed by atoms with Gasteiger partial charge in [-0.2, -0.15) is 0 Å². The third-order valence-corrected chi connectivity index (χ3v) is 5.32. The van der Waals surface area contributed by atoms with Gasteiger partial charge in [0.05, 0.1) is 12.7 Å². The second kappa shape index (κ2) is 6.23. The number of nitrogens with one attached hydrogen (secondary N) is 2. The van der Waals surface area contributed by atoms with E-state index in [1.807, 2.05) is 0 Å². The van der Waals surface area contributed by atoms with Gasteiger partial charge in [0.15, 0.2) is 7.05 Å². The van der Waals surface area contributed by atoms with Gasteiger partial charge in [-0.3, -0.25) is 9.32 Å². The Morgan fingerprint density at radius 1 is 1.46 bits per heavy atom. The third kappa shape index (κ3) is 2.75. The maximum Gasteiger partial charge on any atom is 0.440 e. The van der Waals surface area contributed by atoms with Crippen molar-refractivity contribution in [2.45, 2.75) is 26.2 Å². The fraction of sp³-hybridized carbons (Fsp3) is 0.467. The molecule has 9 heteroatoms. The number of esters is 1. The number of carbonyl (C=O) groups is 2. The van der Waals surface area contributed by atoms with E-state index >= 15 is 0 Å². The van der Waals surface area contributed by atoms with Gasteiger partial charge in [-0.25, -0.2) is 9.59 Å². The normalized spacial score (nSPS) is 16.5. The Balaban J connectivity index is 2.00. The second-order valence-electron chi connectivity index (χ2n) is 5.89. The summed E-state index contributed by atoms with van der Waals surface area (Å²) in [5.74, 6) is -0.591. The smallest absolute Gasteiger partial charge is 0.440 e. The van der Waals surface area contributed by atoms with Crippen molar-refractivity contribution in [2.75, 3.05) is 12.4 Å². The summed E-state index contributed by atoms with van der Waals surface area (Å²) in [6.45, 7) is 2.16.